The highest BCUT2D eigenvalue weighted by Crippen LogP contribution is 2.33. The lowest BCUT2D eigenvalue weighted by atomic mass is 9.82. The fraction of sp³-hybridized carbons (Fsp3) is 0.533. The van der Waals surface area contributed by atoms with Gasteiger partial charge in [-0.2, -0.15) is 0 Å². The maximum Gasteiger partial charge on any atom is 0.237 e. The molecule has 0 spiro atoms. The van der Waals surface area contributed by atoms with Crippen LogP contribution in [0.3, 0.4) is 0 Å². The van der Waals surface area contributed by atoms with Crippen molar-refractivity contribution in [3.05, 3.63) is 35.4 Å². The molecule has 1 amide bonds. The van der Waals surface area contributed by atoms with Crippen LogP contribution in [0.5, 0.6) is 0 Å². The Labute approximate surface area is 110 Å². The van der Waals surface area contributed by atoms with Gasteiger partial charge in [0.25, 0.3) is 0 Å². The molecule has 0 aliphatic carbocycles. The molecule has 0 aromatic heterocycles. The van der Waals surface area contributed by atoms with Crippen LogP contribution < -0.4 is 11.1 Å². The van der Waals surface area contributed by atoms with Gasteiger partial charge in [-0.1, -0.05) is 50.6 Å². The van der Waals surface area contributed by atoms with Crippen molar-refractivity contribution in [3.63, 3.8) is 0 Å². The van der Waals surface area contributed by atoms with Gasteiger partial charge in [0.05, 0.1) is 12.1 Å². The lowest BCUT2D eigenvalue weighted by Crippen LogP contribution is -2.44. The third-order valence-corrected chi connectivity index (χ3v) is 2.94. The van der Waals surface area contributed by atoms with Crippen molar-refractivity contribution in [2.45, 2.75) is 46.7 Å². The number of carbonyl (C=O) groups excluding carboxylic acids is 1. The summed E-state index contributed by atoms with van der Waals surface area (Å²) in [6, 6.07) is 7.70. The number of nitrogens with one attached hydrogen (secondary N) is 1. The van der Waals surface area contributed by atoms with Crippen LogP contribution in [0.1, 0.15) is 44.9 Å². The molecule has 1 rings (SSSR count). The zero-order chi connectivity index (χ0) is 13.9. The van der Waals surface area contributed by atoms with Crippen molar-refractivity contribution in [2.24, 2.45) is 11.1 Å². The van der Waals surface area contributed by atoms with Gasteiger partial charge in [-0.3, -0.25) is 4.79 Å². The van der Waals surface area contributed by atoms with Gasteiger partial charge in [-0.15, -0.1) is 0 Å². The molecular weight excluding hydrogens is 224 g/mol. The van der Waals surface area contributed by atoms with Gasteiger partial charge in [-0.25, -0.2) is 0 Å². The molecule has 0 saturated carbocycles. The summed E-state index contributed by atoms with van der Waals surface area (Å²) < 4.78 is 0. The summed E-state index contributed by atoms with van der Waals surface area (Å²) in [5, 5.41) is 3.04. The fourth-order valence-electron chi connectivity index (χ4n) is 1.92. The summed E-state index contributed by atoms with van der Waals surface area (Å²) in [6.07, 6.45) is 0. The molecule has 1 unspecified atom stereocenters. The number of rotatable bonds is 3. The maximum absolute atomic E-state index is 11.8. The zero-order valence-electron chi connectivity index (χ0n) is 11.9. The van der Waals surface area contributed by atoms with Crippen LogP contribution in [-0.2, 0) is 4.79 Å². The molecule has 0 aliphatic rings. The topological polar surface area (TPSA) is 55.1 Å². The van der Waals surface area contributed by atoms with E-state index in [1.165, 1.54) is 5.56 Å². The van der Waals surface area contributed by atoms with Crippen molar-refractivity contribution < 1.29 is 4.79 Å². The van der Waals surface area contributed by atoms with E-state index in [0.29, 0.717) is 0 Å². The maximum atomic E-state index is 11.8. The van der Waals surface area contributed by atoms with E-state index in [1.807, 2.05) is 12.1 Å². The minimum Gasteiger partial charge on any atom is -0.347 e. The average Bonchev–Trinajstić information content (AvgIpc) is 2.23. The first-order valence-electron chi connectivity index (χ1n) is 6.34. The lowest BCUT2D eigenvalue weighted by molar-refractivity contribution is -0.123. The molecule has 3 heteroatoms. The number of amides is 1. The summed E-state index contributed by atoms with van der Waals surface area (Å²) in [6.45, 7) is 10.1. The van der Waals surface area contributed by atoms with Gasteiger partial charge in [0.15, 0.2) is 0 Å². The molecule has 100 valence electrons. The molecule has 0 aliphatic heterocycles. The highest BCUT2D eigenvalue weighted by Gasteiger charge is 2.28. The summed E-state index contributed by atoms with van der Waals surface area (Å²) in [5.41, 5.74) is 7.88. The Balaban J connectivity index is 3.03. The van der Waals surface area contributed by atoms with Crippen LogP contribution in [0.15, 0.2) is 24.3 Å². The molecule has 3 N–H and O–H groups in total. The smallest absolute Gasteiger partial charge is 0.237 e. The first-order chi connectivity index (χ1) is 8.21. The van der Waals surface area contributed by atoms with E-state index >= 15 is 0 Å². The SMILES string of the molecule is Cc1cccc(C(NC(=O)[C@H](C)N)C(C)(C)C)c1. The van der Waals surface area contributed by atoms with Crippen molar-refractivity contribution in [1.29, 1.82) is 0 Å². The molecule has 18 heavy (non-hydrogen) atoms. The van der Waals surface area contributed by atoms with Crippen molar-refractivity contribution in [2.75, 3.05) is 0 Å². The van der Waals surface area contributed by atoms with Crippen LogP contribution in [0.2, 0.25) is 0 Å². The summed E-state index contributed by atoms with van der Waals surface area (Å²) >= 11 is 0. The Kier molecular flexibility index (Phi) is 4.52. The van der Waals surface area contributed by atoms with E-state index in [2.05, 4.69) is 45.1 Å². The monoisotopic (exact) mass is 248 g/mol. The van der Waals surface area contributed by atoms with Crippen LogP contribution in [0.25, 0.3) is 0 Å². The van der Waals surface area contributed by atoms with Crippen molar-refractivity contribution in [3.8, 4) is 0 Å². The summed E-state index contributed by atoms with van der Waals surface area (Å²) in [7, 11) is 0. The molecule has 0 heterocycles. The van der Waals surface area contributed by atoms with Gasteiger partial charge in [0.1, 0.15) is 0 Å². The second-order valence-corrected chi connectivity index (χ2v) is 6.01. The van der Waals surface area contributed by atoms with Crippen LogP contribution in [0.4, 0.5) is 0 Å². The Morgan fingerprint density at radius 2 is 1.94 bits per heavy atom. The predicted molar refractivity (Wildman–Crippen MR) is 75.2 cm³/mol. The van der Waals surface area contributed by atoms with Crippen LogP contribution in [-0.4, -0.2) is 11.9 Å². The highest BCUT2D eigenvalue weighted by molar-refractivity contribution is 5.81. The second kappa shape index (κ2) is 5.53. The Morgan fingerprint density at radius 3 is 2.39 bits per heavy atom. The number of nitrogens with two attached hydrogens (primary N) is 1. The number of aryl methyl sites for hydroxylation is 1. The van der Waals surface area contributed by atoms with Gasteiger partial charge in [0, 0.05) is 0 Å². The number of benzene rings is 1. The molecule has 0 bridgehead atoms. The van der Waals surface area contributed by atoms with E-state index in [9.17, 15) is 4.79 Å². The van der Waals surface area contributed by atoms with Gasteiger partial charge < -0.3 is 11.1 Å². The molecule has 3 nitrogen and oxygen atoms in total. The molecular formula is C15H24N2O. The third-order valence-electron chi connectivity index (χ3n) is 2.94. The number of carbonyl (C=O) groups is 1. The molecule has 0 radical (unpaired) electrons. The Hall–Kier alpha value is -1.35. The first-order valence-corrected chi connectivity index (χ1v) is 6.34. The van der Waals surface area contributed by atoms with E-state index in [4.69, 9.17) is 5.73 Å². The minimum absolute atomic E-state index is 0.0316. The standard InChI is InChI=1S/C15H24N2O/c1-10-7-6-8-12(9-10)13(15(3,4)5)17-14(18)11(2)16/h6-9,11,13H,16H2,1-5H3,(H,17,18)/t11-,13?/m0/s1. The van der Waals surface area contributed by atoms with Gasteiger partial charge >= 0.3 is 0 Å². The third kappa shape index (κ3) is 3.84. The number of hydrogen-bond acceptors (Lipinski definition) is 2. The summed E-state index contributed by atoms with van der Waals surface area (Å²) in [4.78, 5) is 11.8. The lowest BCUT2D eigenvalue weighted by Gasteiger charge is -2.32. The average molecular weight is 248 g/mol. The highest BCUT2D eigenvalue weighted by atomic mass is 16.2. The molecule has 0 fully saturated rings. The van der Waals surface area contributed by atoms with Crippen molar-refractivity contribution >= 4 is 5.91 Å². The minimum atomic E-state index is -0.486. The van der Waals surface area contributed by atoms with Crippen LogP contribution >= 0.6 is 0 Å². The normalized spacial score (nSPS) is 15.0. The zero-order valence-corrected chi connectivity index (χ0v) is 11.9. The Morgan fingerprint density at radius 1 is 1.33 bits per heavy atom. The fourth-order valence-corrected chi connectivity index (χ4v) is 1.92. The molecule has 0 saturated heterocycles. The quantitative estimate of drug-likeness (QED) is 0.863. The van der Waals surface area contributed by atoms with E-state index in [1.54, 1.807) is 6.92 Å². The van der Waals surface area contributed by atoms with E-state index in [0.717, 1.165) is 5.56 Å². The molecule has 1 aromatic rings. The van der Waals surface area contributed by atoms with E-state index in [-0.39, 0.29) is 17.4 Å². The summed E-state index contributed by atoms with van der Waals surface area (Å²) in [5.74, 6) is -0.114. The molecule has 1 aromatic carbocycles. The van der Waals surface area contributed by atoms with Crippen LogP contribution in [0, 0.1) is 12.3 Å². The Bertz CT molecular complexity index is 419. The van der Waals surface area contributed by atoms with Crippen molar-refractivity contribution in [1.82, 2.24) is 5.32 Å². The van der Waals surface area contributed by atoms with Gasteiger partial charge in [0.2, 0.25) is 5.91 Å². The molecule has 2 atom stereocenters. The van der Waals surface area contributed by atoms with Gasteiger partial charge in [-0.05, 0) is 24.8 Å². The first kappa shape index (κ1) is 14.7. The largest absolute Gasteiger partial charge is 0.347 e. The number of hydrogen-bond donors (Lipinski definition) is 2. The second-order valence-electron chi connectivity index (χ2n) is 6.01. The van der Waals surface area contributed by atoms with E-state index < -0.39 is 6.04 Å². The predicted octanol–water partition coefficient (Wildman–Crippen LogP) is 2.55.